The number of hydrogen-bond donors (Lipinski definition) is 1. The van der Waals surface area contributed by atoms with Crippen molar-refractivity contribution < 1.29 is 4.39 Å². The lowest BCUT2D eigenvalue weighted by Crippen LogP contribution is -2.31. The van der Waals surface area contributed by atoms with Crippen molar-refractivity contribution in [1.29, 1.82) is 0 Å². The Labute approximate surface area is 129 Å². The van der Waals surface area contributed by atoms with E-state index in [1.807, 2.05) is 6.07 Å². The van der Waals surface area contributed by atoms with Gasteiger partial charge in [0.15, 0.2) is 0 Å². The van der Waals surface area contributed by atoms with Crippen molar-refractivity contribution in [2.45, 2.75) is 71.9 Å². The standard InChI is InChI=1S/C19H30FN/c1-14(15-7-5-9-17(20)13-15)21-18-10-6-8-16(11-12-18)19(2,3)4/h5,7,9,13-14,16,18,21H,6,8,10-12H2,1-4H3/t14-,16?,18?/m1/s1. The Bertz CT molecular complexity index is 449. The van der Waals surface area contributed by atoms with Gasteiger partial charge >= 0.3 is 0 Å². The fourth-order valence-corrected chi connectivity index (χ4v) is 3.56. The van der Waals surface area contributed by atoms with Crippen LogP contribution in [0.2, 0.25) is 0 Å². The van der Waals surface area contributed by atoms with Crippen LogP contribution >= 0.6 is 0 Å². The van der Waals surface area contributed by atoms with Crippen molar-refractivity contribution in [2.75, 3.05) is 0 Å². The number of halogens is 1. The average molecular weight is 291 g/mol. The average Bonchev–Trinajstić information content (AvgIpc) is 2.64. The molecule has 118 valence electrons. The van der Waals surface area contributed by atoms with Gasteiger partial charge in [0, 0.05) is 12.1 Å². The molecule has 1 aliphatic carbocycles. The quantitative estimate of drug-likeness (QED) is 0.728. The maximum absolute atomic E-state index is 13.3. The van der Waals surface area contributed by atoms with Gasteiger partial charge in [0.05, 0.1) is 0 Å². The van der Waals surface area contributed by atoms with Crippen LogP contribution < -0.4 is 5.32 Å². The van der Waals surface area contributed by atoms with E-state index in [4.69, 9.17) is 0 Å². The molecule has 1 fully saturated rings. The summed E-state index contributed by atoms with van der Waals surface area (Å²) in [6.07, 6.45) is 6.43. The summed E-state index contributed by atoms with van der Waals surface area (Å²) in [4.78, 5) is 0. The van der Waals surface area contributed by atoms with Gasteiger partial charge in [-0.3, -0.25) is 0 Å². The minimum absolute atomic E-state index is 0.144. The van der Waals surface area contributed by atoms with E-state index in [-0.39, 0.29) is 11.9 Å². The molecule has 1 nitrogen and oxygen atoms in total. The van der Waals surface area contributed by atoms with Crippen molar-refractivity contribution in [3.8, 4) is 0 Å². The second-order valence-electron chi connectivity index (χ2n) is 7.71. The van der Waals surface area contributed by atoms with E-state index < -0.39 is 0 Å². The smallest absolute Gasteiger partial charge is 0.123 e. The first kappa shape index (κ1) is 16.5. The molecular weight excluding hydrogens is 261 g/mol. The van der Waals surface area contributed by atoms with Gasteiger partial charge < -0.3 is 5.32 Å². The third kappa shape index (κ3) is 4.81. The van der Waals surface area contributed by atoms with Crippen LogP contribution in [0.1, 0.15) is 71.4 Å². The molecule has 0 radical (unpaired) electrons. The molecular formula is C19H30FN. The molecule has 0 aliphatic heterocycles. The fourth-order valence-electron chi connectivity index (χ4n) is 3.56. The van der Waals surface area contributed by atoms with E-state index >= 15 is 0 Å². The lowest BCUT2D eigenvalue weighted by Gasteiger charge is -2.30. The van der Waals surface area contributed by atoms with E-state index in [1.54, 1.807) is 12.1 Å². The summed E-state index contributed by atoms with van der Waals surface area (Å²) in [5.74, 6) is 0.684. The van der Waals surface area contributed by atoms with Crippen molar-refractivity contribution in [3.05, 3.63) is 35.6 Å². The van der Waals surface area contributed by atoms with Crippen LogP contribution in [-0.2, 0) is 0 Å². The second-order valence-corrected chi connectivity index (χ2v) is 7.71. The summed E-state index contributed by atoms with van der Waals surface area (Å²) in [6.45, 7) is 9.23. The molecule has 2 rings (SSSR count). The molecule has 21 heavy (non-hydrogen) atoms. The van der Waals surface area contributed by atoms with E-state index in [9.17, 15) is 4.39 Å². The predicted molar refractivity (Wildman–Crippen MR) is 87.8 cm³/mol. The summed E-state index contributed by atoms with van der Waals surface area (Å²) < 4.78 is 13.3. The number of rotatable bonds is 3. The predicted octanol–water partition coefficient (Wildman–Crippen LogP) is 5.47. The highest BCUT2D eigenvalue weighted by Gasteiger charge is 2.28. The summed E-state index contributed by atoms with van der Waals surface area (Å²) in [6, 6.07) is 7.75. The molecule has 2 heteroatoms. The summed E-state index contributed by atoms with van der Waals surface area (Å²) in [7, 11) is 0. The van der Waals surface area contributed by atoms with Crippen molar-refractivity contribution >= 4 is 0 Å². The highest BCUT2D eigenvalue weighted by Crippen LogP contribution is 2.37. The van der Waals surface area contributed by atoms with Gasteiger partial charge in [0.1, 0.15) is 5.82 Å². The maximum Gasteiger partial charge on any atom is 0.123 e. The Morgan fingerprint density at radius 2 is 1.90 bits per heavy atom. The number of hydrogen-bond acceptors (Lipinski definition) is 1. The molecule has 0 aromatic heterocycles. The van der Waals surface area contributed by atoms with E-state index in [0.29, 0.717) is 11.5 Å². The van der Waals surface area contributed by atoms with Crippen molar-refractivity contribution in [2.24, 2.45) is 11.3 Å². The zero-order chi connectivity index (χ0) is 15.5. The minimum atomic E-state index is -0.144. The minimum Gasteiger partial charge on any atom is -0.307 e. The fraction of sp³-hybridized carbons (Fsp3) is 0.684. The normalized spacial score (nSPS) is 25.4. The van der Waals surface area contributed by atoms with Crippen LogP contribution in [0.4, 0.5) is 4.39 Å². The monoisotopic (exact) mass is 291 g/mol. The Morgan fingerprint density at radius 3 is 2.57 bits per heavy atom. The van der Waals surface area contributed by atoms with Gasteiger partial charge in [-0.05, 0) is 61.6 Å². The molecule has 0 spiro atoms. The van der Waals surface area contributed by atoms with Gasteiger partial charge in [-0.1, -0.05) is 39.3 Å². The molecule has 0 bridgehead atoms. The Kier molecular flexibility index (Phi) is 5.43. The Balaban J connectivity index is 1.91. The second kappa shape index (κ2) is 6.91. The zero-order valence-corrected chi connectivity index (χ0v) is 14.0. The molecule has 2 unspecified atom stereocenters. The Morgan fingerprint density at radius 1 is 1.14 bits per heavy atom. The van der Waals surface area contributed by atoms with Crippen molar-refractivity contribution in [1.82, 2.24) is 5.32 Å². The van der Waals surface area contributed by atoms with Gasteiger partial charge in [-0.15, -0.1) is 0 Å². The topological polar surface area (TPSA) is 12.0 Å². The number of benzene rings is 1. The van der Waals surface area contributed by atoms with Crippen LogP contribution in [0.15, 0.2) is 24.3 Å². The van der Waals surface area contributed by atoms with Crippen LogP contribution in [0.5, 0.6) is 0 Å². The lowest BCUT2D eigenvalue weighted by molar-refractivity contribution is 0.213. The van der Waals surface area contributed by atoms with Crippen LogP contribution in [-0.4, -0.2) is 6.04 Å². The largest absolute Gasteiger partial charge is 0.307 e. The highest BCUT2D eigenvalue weighted by molar-refractivity contribution is 5.19. The maximum atomic E-state index is 13.3. The zero-order valence-electron chi connectivity index (χ0n) is 14.0. The number of nitrogens with one attached hydrogen (secondary N) is 1. The van der Waals surface area contributed by atoms with Crippen LogP contribution in [0, 0.1) is 17.2 Å². The first-order valence-electron chi connectivity index (χ1n) is 8.38. The molecule has 1 N–H and O–H groups in total. The third-order valence-electron chi connectivity index (χ3n) is 5.03. The van der Waals surface area contributed by atoms with Crippen molar-refractivity contribution in [3.63, 3.8) is 0 Å². The highest BCUT2D eigenvalue weighted by atomic mass is 19.1. The van der Waals surface area contributed by atoms with Crippen LogP contribution in [0.3, 0.4) is 0 Å². The van der Waals surface area contributed by atoms with E-state index in [1.165, 1.54) is 38.2 Å². The molecule has 0 heterocycles. The molecule has 1 aromatic carbocycles. The van der Waals surface area contributed by atoms with Gasteiger partial charge in [-0.25, -0.2) is 4.39 Å². The SMILES string of the molecule is C[C@@H](NC1CCCC(C(C)(C)C)CC1)c1cccc(F)c1. The first-order chi connectivity index (χ1) is 9.86. The molecule has 0 amide bonds. The molecule has 1 aromatic rings. The third-order valence-corrected chi connectivity index (χ3v) is 5.03. The molecule has 3 atom stereocenters. The van der Waals surface area contributed by atoms with Gasteiger partial charge in [-0.2, -0.15) is 0 Å². The Hall–Kier alpha value is -0.890. The van der Waals surface area contributed by atoms with Gasteiger partial charge in [0.2, 0.25) is 0 Å². The summed E-state index contributed by atoms with van der Waals surface area (Å²) in [5.41, 5.74) is 1.47. The summed E-state index contributed by atoms with van der Waals surface area (Å²) >= 11 is 0. The van der Waals surface area contributed by atoms with Gasteiger partial charge in [0.25, 0.3) is 0 Å². The molecule has 1 saturated carbocycles. The van der Waals surface area contributed by atoms with E-state index in [0.717, 1.165) is 11.5 Å². The lowest BCUT2D eigenvalue weighted by atomic mass is 9.76. The van der Waals surface area contributed by atoms with Crippen LogP contribution in [0.25, 0.3) is 0 Å². The molecule has 1 aliphatic rings. The summed E-state index contributed by atoms with van der Waals surface area (Å²) in [5, 5.41) is 3.71. The first-order valence-corrected chi connectivity index (χ1v) is 8.38. The van der Waals surface area contributed by atoms with E-state index in [2.05, 4.69) is 33.0 Å². The molecule has 0 saturated heterocycles.